The molecule has 3 nitrogen and oxygen atoms in total. The van der Waals surface area contributed by atoms with Crippen LogP contribution in [0.15, 0.2) is 21.1 Å². The molecule has 1 aliphatic rings. The quantitative estimate of drug-likeness (QED) is 0.756. The summed E-state index contributed by atoms with van der Waals surface area (Å²) in [4.78, 5) is 11.9. The Balaban J connectivity index is 2.34. The van der Waals surface area contributed by atoms with Crippen LogP contribution in [0.4, 0.5) is 5.69 Å². The standard InChI is InChI=1S/C13H15Br2NO2S/c1-7-11(3-4-19-7)16-12-9(13(17)18-2)5-8(14)6-10(12)15/h5-7,11,16H,3-4H2,1-2H3. The molecule has 19 heavy (non-hydrogen) atoms. The number of esters is 1. The minimum absolute atomic E-state index is 0.331. The third-order valence-electron chi connectivity index (χ3n) is 3.17. The van der Waals surface area contributed by atoms with Gasteiger partial charge in [-0.1, -0.05) is 22.9 Å². The van der Waals surface area contributed by atoms with Gasteiger partial charge < -0.3 is 10.1 Å². The Bertz CT molecular complexity index is 496. The van der Waals surface area contributed by atoms with E-state index in [4.69, 9.17) is 4.74 Å². The van der Waals surface area contributed by atoms with E-state index in [0.29, 0.717) is 16.9 Å². The van der Waals surface area contributed by atoms with Crippen molar-refractivity contribution >= 4 is 55.3 Å². The number of benzene rings is 1. The molecule has 0 radical (unpaired) electrons. The zero-order chi connectivity index (χ0) is 14.0. The van der Waals surface area contributed by atoms with Crippen molar-refractivity contribution in [2.24, 2.45) is 0 Å². The number of carbonyl (C=O) groups is 1. The molecule has 0 bridgehead atoms. The first-order chi connectivity index (χ1) is 9.02. The van der Waals surface area contributed by atoms with Gasteiger partial charge in [0.15, 0.2) is 0 Å². The Labute approximate surface area is 134 Å². The van der Waals surface area contributed by atoms with Crippen LogP contribution in [0.1, 0.15) is 23.7 Å². The van der Waals surface area contributed by atoms with Gasteiger partial charge >= 0.3 is 5.97 Å². The minimum atomic E-state index is -0.331. The molecule has 0 aliphatic carbocycles. The van der Waals surface area contributed by atoms with E-state index in [1.54, 1.807) is 6.07 Å². The second-order valence-corrected chi connectivity index (χ2v) is 7.67. The van der Waals surface area contributed by atoms with Gasteiger partial charge in [0.2, 0.25) is 0 Å². The molecule has 1 saturated heterocycles. The first-order valence-electron chi connectivity index (χ1n) is 5.98. The van der Waals surface area contributed by atoms with Crippen LogP contribution in [0.25, 0.3) is 0 Å². The average Bonchev–Trinajstić information content (AvgIpc) is 2.77. The molecule has 0 amide bonds. The fraction of sp³-hybridized carbons (Fsp3) is 0.462. The van der Waals surface area contributed by atoms with Crippen molar-refractivity contribution in [2.75, 3.05) is 18.2 Å². The Morgan fingerprint density at radius 1 is 1.47 bits per heavy atom. The predicted molar refractivity (Wildman–Crippen MR) is 87.1 cm³/mol. The summed E-state index contributed by atoms with van der Waals surface area (Å²) in [6.07, 6.45) is 1.11. The molecule has 6 heteroatoms. The lowest BCUT2D eigenvalue weighted by Gasteiger charge is -2.21. The van der Waals surface area contributed by atoms with Gasteiger partial charge in [-0.15, -0.1) is 0 Å². The summed E-state index contributed by atoms with van der Waals surface area (Å²) in [6.45, 7) is 2.21. The number of rotatable bonds is 3. The lowest BCUT2D eigenvalue weighted by atomic mass is 10.1. The Hall–Kier alpha value is -0.200. The number of nitrogens with one attached hydrogen (secondary N) is 1. The van der Waals surface area contributed by atoms with Crippen molar-refractivity contribution in [3.63, 3.8) is 0 Å². The molecule has 1 aromatic rings. The Kier molecular flexibility index (Phi) is 5.20. The number of halogens is 2. The van der Waals surface area contributed by atoms with E-state index in [0.717, 1.165) is 26.8 Å². The Morgan fingerprint density at radius 2 is 2.21 bits per heavy atom. The smallest absolute Gasteiger partial charge is 0.340 e. The van der Waals surface area contributed by atoms with Gasteiger partial charge in [-0.25, -0.2) is 4.79 Å². The van der Waals surface area contributed by atoms with Gasteiger partial charge in [-0.05, 0) is 40.2 Å². The highest BCUT2D eigenvalue weighted by molar-refractivity contribution is 9.11. The summed E-state index contributed by atoms with van der Waals surface area (Å²) in [5, 5.41) is 4.02. The zero-order valence-electron chi connectivity index (χ0n) is 10.7. The van der Waals surface area contributed by atoms with Crippen molar-refractivity contribution in [3.05, 3.63) is 26.6 Å². The van der Waals surface area contributed by atoms with E-state index < -0.39 is 0 Å². The van der Waals surface area contributed by atoms with Gasteiger partial charge in [0.1, 0.15) is 0 Å². The van der Waals surface area contributed by atoms with Crippen LogP contribution in [-0.4, -0.2) is 30.1 Å². The molecule has 104 valence electrons. The summed E-state index contributed by atoms with van der Waals surface area (Å²) < 4.78 is 6.57. The normalized spacial score (nSPS) is 22.3. The number of hydrogen-bond donors (Lipinski definition) is 1. The van der Waals surface area contributed by atoms with Crippen LogP contribution >= 0.6 is 43.6 Å². The van der Waals surface area contributed by atoms with Crippen LogP contribution < -0.4 is 5.32 Å². The van der Waals surface area contributed by atoms with Crippen LogP contribution in [-0.2, 0) is 4.74 Å². The maximum Gasteiger partial charge on any atom is 0.340 e. The second-order valence-electron chi connectivity index (χ2n) is 4.42. The molecular formula is C13H15Br2NO2S. The lowest BCUT2D eigenvalue weighted by molar-refractivity contribution is 0.0601. The van der Waals surface area contributed by atoms with Gasteiger partial charge in [-0.3, -0.25) is 0 Å². The molecule has 0 saturated carbocycles. The SMILES string of the molecule is COC(=O)c1cc(Br)cc(Br)c1NC1CCSC1C. The van der Waals surface area contributed by atoms with Crippen LogP contribution in [0.5, 0.6) is 0 Å². The zero-order valence-corrected chi connectivity index (χ0v) is 14.7. The van der Waals surface area contributed by atoms with Gasteiger partial charge in [-0.2, -0.15) is 11.8 Å². The van der Waals surface area contributed by atoms with Crippen molar-refractivity contribution in [1.82, 2.24) is 0 Å². The molecule has 2 rings (SSSR count). The summed E-state index contributed by atoms with van der Waals surface area (Å²) in [7, 11) is 1.40. The van der Waals surface area contributed by atoms with Crippen LogP contribution in [0.2, 0.25) is 0 Å². The third kappa shape index (κ3) is 3.47. The fourth-order valence-electron chi connectivity index (χ4n) is 2.10. The number of anilines is 1. The highest BCUT2D eigenvalue weighted by Crippen LogP contribution is 2.35. The van der Waals surface area contributed by atoms with E-state index in [2.05, 4.69) is 44.1 Å². The topological polar surface area (TPSA) is 38.3 Å². The largest absolute Gasteiger partial charge is 0.465 e. The summed E-state index contributed by atoms with van der Waals surface area (Å²) in [5.41, 5.74) is 1.36. The van der Waals surface area contributed by atoms with Gasteiger partial charge in [0.05, 0.1) is 18.4 Å². The third-order valence-corrected chi connectivity index (χ3v) is 5.58. The first-order valence-corrected chi connectivity index (χ1v) is 8.62. The van der Waals surface area contributed by atoms with E-state index in [9.17, 15) is 4.79 Å². The monoisotopic (exact) mass is 407 g/mol. The van der Waals surface area contributed by atoms with Crippen molar-refractivity contribution in [1.29, 1.82) is 0 Å². The lowest BCUT2D eigenvalue weighted by Crippen LogP contribution is -2.26. The van der Waals surface area contributed by atoms with Gasteiger partial charge in [0, 0.05) is 20.2 Å². The van der Waals surface area contributed by atoms with Crippen LogP contribution in [0.3, 0.4) is 0 Å². The number of ether oxygens (including phenoxy) is 1. The molecule has 2 atom stereocenters. The number of carbonyl (C=O) groups excluding carboxylic acids is 1. The minimum Gasteiger partial charge on any atom is -0.465 e. The molecule has 1 heterocycles. The van der Waals surface area contributed by atoms with Crippen molar-refractivity contribution in [3.8, 4) is 0 Å². The second kappa shape index (κ2) is 6.50. The highest BCUT2D eigenvalue weighted by Gasteiger charge is 2.26. The van der Waals surface area contributed by atoms with Crippen molar-refractivity contribution in [2.45, 2.75) is 24.6 Å². The van der Waals surface area contributed by atoms with Crippen LogP contribution in [0, 0.1) is 0 Å². The molecule has 1 aromatic carbocycles. The summed E-state index contributed by atoms with van der Waals surface area (Å²) in [6, 6.07) is 4.10. The highest BCUT2D eigenvalue weighted by atomic mass is 79.9. The molecule has 1 fully saturated rings. The van der Waals surface area contributed by atoms with E-state index in [1.165, 1.54) is 7.11 Å². The maximum atomic E-state index is 11.9. The Morgan fingerprint density at radius 3 is 2.79 bits per heavy atom. The fourth-order valence-corrected chi connectivity index (χ4v) is 4.64. The molecule has 1 N–H and O–H groups in total. The molecule has 0 spiro atoms. The summed E-state index contributed by atoms with van der Waals surface area (Å²) >= 11 is 8.87. The van der Waals surface area contributed by atoms with E-state index >= 15 is 0 Å². The van der Waals surface area contributed by atoms with Crippen molar-refractivity contribution < 1.29 is 9.53 Å². The molecule has 1 aliphatic heterocycles. The van der Waals surface area contributed by atoms with Gasteiger partial charge in [0.25, 0.3) is 0 Å². The molecule has 0 aromatic heterocycles. The van der Waals surface area contributed by atoms with E-state index in [-0.39, 0.29) is 5.97 Å². The molecule has 2 unspecified atom stereocenters. The summed E-state index contributed by atoms with van der Waals surface area (Å²) in [5.74, 6) is 0.823. The number of hydrogen-bond acceptors (Lipinski definition) is 4. The number of thioether (sulfide) groups is 1. The maximum absolute atomic E-state index is 11.9. The average molecular weight is 409 g/mol. The van der Waals surface area contributed by atoms with E-state index in [1.807, 2.05) is 17.8 Å². The first kappa shape index (κ1) is 15.2. The number of methoxy groups -OCH3 is 1. The molecular weight excluding hydrogens is 394 g/mol. The predicted octanol–water partition coefficient (Wildman–Crippen LogP) is 4.30.